The van der Waals surface area contributed by atoms with Crippen LogP contribution in [0.5, 0.6) is 5.75 Å². The van der Waals surface area contributed by atoms with Gasteiger partial charge in [-0.2, -0.15) is 0 Å². The van der Waals surface area contributed by atoms with Gasteiger partial charge in [0.1, 0.15) is 5.75 Å². The third kappa shape index (κ3) is 5.71. The Labute approximate surface area is 109 Å². The summed E-state index contributed by atoms with van der Waals surface area (Å²) < 4.78 is 10.1. The first-order valence-electron chi connectivity index (χ1n) is 6.64. The fourth-order valence-corrected chi connectivity index (χ4v) is 1.65. The van der Waals surface area contributed by atoms with Crippen molar-refractivity contribution in [2.45, 2.75) is 46.0 Å². The standard InChI is InChI=1S/C15H22O3/c1-3-4-5-6-9-12-17-15(16)18-14-11-8-7-10-13(14)2/h7-8,10-11H,3-6,9,12H2,1-2H3. The molecule has 0 spiro atoms. The summed E-state index contributed by atoms with van der Waals surface area (Å²) in [5, 5.41) is 0. The largest absolute Gasteiger partial charge is 0.513 e. The predicted octanol–water partition coefficient (Wildman–Crippen LogP) is 4.48. The summed E-state index contributed by atoms with van der Waals surface area (Å²) in [5.74, 6) is 0.563. The average molecular weight is 250 g/mol. The lowest BCUT2D eigenvalue weighted by Crippen LogP contribution is -2.12. The quantitative estimate of drug-likeness (QED) is 0.406. The van der Waals surface area contributed by atoms with Crippen LogP contribution in [-0.4, -0.2) is 12.8 Å². The lowest BCUT2D eigenvalue weighted by Gasteiger charge is -2.07. The second-order valence-corrected chi connectivity index (χ2v) is 4.38. The van der Waals surface area contributed by atoms with Crippen LogP contribution in [0.4, 0.5) is 4.79 Å². The molecule has 1 aromatic rings. The molecule has 100 valence electrons. The van der Waals surface area contributed by atoms with Gasteiger partial charge in [0.15, 0.2) is 0 Å². The molecule has 0 saturated carbocycles. The highest BCUT2D eigenvalue weighted by Crippen LogP contribution is 2.16. The lowest BCUT2D eigenvalue weighted by molar-refractivity contribution is 0.0970. The van der Waals surface area contributed by atoms with Crippen molar-refractivity contribution in [3.8, 4) is 5.75 Å². The van der Waals surface area contributed by atoms with Gasteiger partial charge in [0.25, 0.3) is 0 Å². The molecule has 3 nitrogen and oxygen atoms in total. The molecule has 0 aromatic heterocycles. The van der Waals surface area contributed by atoms with E-state index >= 15 is 0 Å². The molecule has 1 rings (SSSR count). The number of rotatable bonds is 7. The molecule has 0 aliphatic heterocycles. The normalized spacial score (nSPS) is 10.1. The fraction of sp³-hybridized carbons (Fsp3) is 0.533. The Morgan fingerprint density at radius 1 is 1.11 bits per heavy atom. The summed E-state index contributed by atoms with van der Waals surface area (Å²) in [4.78, 5) is 11.4. The zero-order chi connectivity index (χ0) is 13.2. The minimum absolute atomic E-state index is 0.439. The SMILES string of the molecule is CCCCCCCOC(=O)Oc1ccccc1C. The van der Waals surface area contributed by atoms with Crippen LogP contribution in [0.1, 0.15) is 44.6 Å². The molecule has 0 radical (unpaired) electrons. The van der Waals surface area contributed by atoms with Gasteiger partial charge < -0.3 is 9.47 Å². The van der Waals surface area contributed by atoms with Crippen molar-refractivity contribution in [3.63, 3.8) is 0 Å². The van der Waals surface area contributed by atoms with Crippen molar-refractivity contribution in [1.29, 1.82) is 0 Å². The van der Waals surface area contributed by atoms with Crippen LogP contribution < -0.4 is 4.74 Å². The number of carbonyl (C=O) groups is 1. The number of para-hydroxylation sites is 1. The van der Waals surface area contributed by atoms with Crippen LogP contribution in [0, 0.1) is 6.92 Å². The van der Waals surface area contributed by atoms with Crippen molar-refractivity contribution in [3.05, 3.63) is 29.8 Å². The van der Waals surface area contributed by atoms with Gasteiger partial charge in [0.05, 0.1) is 6.61 Å². The monoisotopic (exact) mass is 250 g/mol. The van der Waals surface area contributed by atoms with Gasteiger partial charge in [0, 0.05) is 0 Å². The maximum absolute atomic E-state index is 11.4. The third-order valence-electron chi connectivity index (χ3n) is 2.75. The Balaban J connectivity index is 2.16. The minimum Gasteiger partial charge on any atom is -0.434 e. The first-order valence-corrected chi connectivity index (χ1v) is 6.64. The summed E-state index contributed by atoms with van der Waals surface area (Å²) in [6, 6.07) is 7.40. The predicted molar refractivity (Wildman–Crippen MR) is 71.9 cm³/mol. The summed E-state index contributed by atoms with van der Waals surface area (Å²) in [7, 11) is 0. The minimum atomic E-state index is -0.611. The van der Waals surface area contributed by atoms with Crippen LogP contribution in [-0.2, 0) is 4.74 Å². The number of carbonyl (C=O) groups excluding carboxylic acids is 1. The molecule has 18 heavy (non-hydrogen) atoms. The molecular formula is C15H22O3. The van der Waals surface area contributed by atoms with E-state index in [4.69, 9.17) is 9.47 Å². The number of aryl methyl sites for hydroxylation is 1. The number of ether oxygens (including phenoxy) is 2. The smallest absolute Gasteiger partial charge is 0.434 e. The van der Waals surface area contributed by atoms with Crippen LogP contribution in [0.15, 0.2) is 24.3 Å². The molecule has 0 N–H and O–H groups in total. The highest BCUT2D eigenvalue weighted by Gasteiger charge is 2.07. The van der Waals surface area contributed by atoms with Gasteiger partial charge >= 0.3 is 6.16 Å². The molecule has 0 saturated heterocycles. The fourth-order valence-electron chi connectivity index (χ4n) is 1.65. The Morgan fingerprint density at radius 3 is 2.56 bits per heavy atom. The summed E-state index contributed by atoms with van der Waals surface area (Å²) in [6.07, 6.45) is 5.06. The van der Waals surface area contributed by atoms with E-state index in [0.29, 0.717) is 12.4 Å². The second-order valence-electron chi connectivity index (χ2n) is 4.38. The number of benzene rings is 1. The van der Waals surface area contributed by atoms with Gasteiger partial charge in [0.2, 0.25) is 0 Å². The summed E-state index contributed by atoms with van der Waals surface area (Å²) in [5.41, 5.74) is 0.928. The van der Waals surface area contributed by atoms with E-state index < -0.39 is 6.16 Å². The van der Waals surface area contributed by atoms with E-state index in [1.807, 2.05) is 25.1 Å². The van der Waals surface area contributed by atoms with Gasteiger partial charge in [-0.3, -0.25) is 0 Å². The first-order chi connectivity index (χ1) is 8.74. The second kappa shape index (κ2) is 8.56. The topological polar surface area (TPSA) is 35.5 Å². The molecule has 1 aromatic carbocycles. The molecule has 0 aliphatic rings. The van der Waals surface area contributed by atoms with Crippen molar-refractivity contribution in [1.82, 2.24) is 0 Å². The van der Waals surface area contributed by atoms with Gasteiger partial charge in [-0.1, -0.05) is 50.8 Å². The maximum Gasteiger partial charge on any atom is 0.513 e. The third-order valence-corrected chi connectivity index (χ3v) is 2.75. The molecule has 0 unspecified atom stereocenters. The number of hydrogen-bond acceptors (Lipinski definition) is 3. The maximum atomic E-state index is 11.4. The Kier molecular flexibility index (Phi) is 6.92. The first kappa shape index (κ1) is 14.6. The van der Waals surface area contributed by atoms with E-state index in [1.54, 1.807) is 6.07 Å². The van der Waals surface area contributed by atoms with E-state index in [-0.39, 0.29) is 0 Å². The van der Waals surface area contributed by atoms with E-state index in [1.165, 1.54) is 19.3 Å². The summed E-state index contributed by atoms with van der Waals surface area (Å²) in [6.45, 7) is 4.51. The highest BCUT2D eigenvalue weighted by molar-refractivity contribution is 5.64. The van der Waals surface area contributed by atoms with Crippen molar-refractivity contribution >= 4 is 6.16 Å². The van der Waals surface area contributed by atoms with Gasteiger partial charge in [-0.15, -0.1) is 0 Å². The van der Waals surface area contributed by atoms with Gasteiger partial charge in [-0.25, -0.2) is 4.79 Å². The molecule has 0 atom stereocenters. The number of hydrogen-bond donors (Lipinski definition) is 0. The van der Waals surface area contributed by atoms with Crippen LogP contribution in [0.25, 0.3) is 0 Å². The van der Waals surface area contributed by atoms with Crippen molar-refractivity contribution < 1.29 is 14.3 Å². The molecule has 0 amide bonds. The molecule has 3 heteroatoms. The van der Waals surface area contributed by atoms with Crippen molar-refractivity contribution in [2.75, 3.05) is 6.61 Å². The summed E-state index contributed by atoms with van der Waals surface area (Å²) >= 11 is 0. The van der Waals surface area contributed by atoms with E-state index in [0.717, 1.165) is 18.4 Å². The zero-order valence-corrected chi connectivity index (χ0v) is 11.3. The molecule has 0 bridgehead atoms. The van der Waals surface area contributed by atoms with Crippen LogP contribution in [0.3, 0.4) is 0 Å². The molecular weight excluding hydrogens is 228 g/mol. The molecule has 0 heterocycles. The Hall–Kier alpha value is -1.51. The van der Waals surface area contributed by atoms with Gasteiger partial charge in [-0.05, 0) is 25.0 Å². The van der Waals surface area contributed by atoms with Crippen LogP contribution >= 0.6 is 0 Å². The average Bonchev–Trinajstić information content (AvgIpc) is 2.36. The van der Waals surface area contributed by atoms with Crippen LogP contribution in [0.2, 0.25) is 0 Å². The van der Waals surface area contributed by atoms with E-state index in [2.05, 4.69) is 6.92 Å². The Morgan fingerprint density at radius 2 is 1.83 bits per heavy atom. The lowest BCUT2D eigenvalue weighted by atomic mass is 10.2. The highest BCUT2D eigenvalue weighted by atomic mass is 16.7. The molecule has 0 aliphatic carbocycles. The zero-order valence-electron chi connectivity index (χ0n) is 11.3. The Bertz CT molecular complexity index is 361. The van der Waals surface area contributed by atoms with E-state index in [9.17, 15) is 4.79 Å². The number of unbranched alkanes of at least 4 members (excludes halogenated alkanes) is 4. The molecule has 0 fully saturated rings. The van der Waals surface area contributed by atoms with Crippen molar-refractivity contribution in [2.24, 2.45) is 0 Å².